The van der Waals surface area contributed by atoms with Crippen LogP contribution in [0.4, 0.5) is 0 Å². The molecule has 2 saturated heterocycles. The molecular formula is C13H31N3O3. The van der Waals surface area contributed by atoms with Crippen LogP contribution >= 0.6 is 0 Å². The Morgan fingerprint density at radius 2 is 1.79 bits per heavy atom. The van der Waals surface area contributed by atoms with Crippen LogP contribution in [-0.4, -0.2) is 66.4 Å². The Morgan fingerprint density at radius 3 is 2.00 bits per heavy atom. The third-order valence-corrected chi connectivity index (χ3v) is 3.03. The van der Waals surface area contributed by atoms with E-state index in [4.69, 9.17) is 21.1 Å². The smallest absolute Gasteiger partial charge is 0.0634 e. The van der Waals surface area contributed by atoms with Gasteiger partial charge in [0.25, 0.3) is 0 Å². The summed E-state index contributed by atoms with van der Waals surface area (Å²) in [6.07, 6.45) is 3.87. The molecule has 2 rings (SSSR count). The van der Waals surface area contributed by atoms with Crippen molar-refractivity contribution >= 4 is 0 Å². The molecule has 2 aliphatic rings. The lowest BCUT2D eigenvalue weighted by molar-refractivity contribution is 0.137. The summed E-state index contributed by atoms with van der Waals surface area (Å²) in [5.74, 6) is 0. The second kappa shape index (κ2) is 12.8. The average Bonchev–Trinajstić information content (AvgIpc) is 2.94. The first kappa shape index (κ1) is 18.8. The number of hydrogen-bond acceptors (Lipinski definition) is 6. The molecule has 1 unspecified atom stereocenters. The van der Waals surface area contributed by atoms with E-state index in [-0.39, 0.29) is 12.2 Å². The molecule has 6 heteroatoms. The van der Waals surface area contributed by atoms with Crippen LogP contribution < -0.4 is 16.4 Å². The van der Waals surface area contributed by atoms with Crippen LogP contribution in [0.5, 0.6) is 0 Å². The van der Waals surface area contributed by atoms with Gasteiger partial charge in [-0.15, -0.1) is 0 Å². The quantitative estimate of drug-likeness (QED) is 0.378. The Morgan fingerprint density at radius 1 is 1.21 bits per heavy atom. The molecular weight excluding hydrogens is 246 g/mol. The minimum atomic E-state index is -0.338. The predicted molar refractivity (Wildman–Crippen MR) is 77.0 cm³/mol. The minimum Gasteiger partial charge on any atom is -0.395 e. The van der Waals surface area contributed by atoms with E-state index in [1.54, 1.807) is 6.92 Å². The zero-order valence-electron chi connectivity index (χ0n) is 12.0. The van der Waals surface area contributed by atoms with Crippen molar-refractivity contribution in [3.05, 3.63) is 0 Å². The van der Waals surface area contributed by atoms with E-state index in [0.29, 0.717) is 19.2 Å². The molecule has 0 bridgehead atoms. The third kappa shape index (κ3) is 12.5. The van der Waals surface area contributed by atoms with Gasteiger partial charge < -0.3 is 31.7 Å². The van der Waals surface area contributed by atoms with Gasteiger partial charge in [0.2, 0.25) is 0 Å². The zero-order chi connectivity index (χ0) is 14.5. The Balaban J connectivity index is 0.000000261. The van der Waals surface area contributed by atoms with Gasteiger partial charge in [-0.3, -0.25) is 0 Å². The molecule has 7 N–H and O–H groups in total. The van der Waals surface area contributed by atoms with Crippen molar-refractivity contribution in [2.24, 2.45) is 5.73 Å². The Hall–Kier alpha value is -0.240. The third-order valence-electron chi connectivity index (χ3n) is 3.03. The van der Waals surface area contributed by atoms with Gasteiger partial charge >= 0.3 is 0 Å². The van der Waals surface area contributed by atoms with Gasteiger partial charge in [-0.1, -0.05) is 0 Å². The molecule has 19 heavy (non-hydrogen) atoms. The molecule has 0 aromatic rings. The van der Waals surface area contributed by atoms with Crippen LogP contribution in [-0.2, 0) is 0 Å². The van der Waals surface area contributed by atoms with E-state index >= 15 is 0 Å². The summed E-state index contributed by atoms with van der Waals surface area (Å²) in [4.78, 5) is 0. The van der Waals surface area contributed by atoms with Gasteiger partial charge in [0, 0.05) is 12.6 Å². The summed E-state index contributed by atoms with van der Waals surface area (Å²) in [5, 5.41) is 31.9. The summed E-state index contributed by atoms with van der Waals surface area (Å²) in [7, 11) is 0. The lowest BCUT2D eigenvalue weighted by Crippen LogP contribution is -2.30. The fraction of sp³-hybridized carbons (Fsp3) is 1.00. The number of hydrogen-bond donors (Lipinski definition) is 6. The maximum absolute atomic E-state index is 8.87. The topological polar surface area (TPSA) is 111 Å². The monoisotopic (exact) mass is 277 g/mol. The SMILES string of the molecule is CC(O)CN.OC1CCNCC1.OC[C@@H]1CCCN1. The molecule has 0 saturated carbocycles. The summed E-state index contributed by atoms with van der Waals surface area (Å²) in [6.45, 7) is 5.38. The standard InChI is InChI=1S/2C5H11NO.C3H9NO/c7-5-1-3-6-4-2-5;7-4-5-2-1-3-6-5;1-3(5)2-4/h2*5-7H,1-4H2;3,5H,2,4H2,1H3/t;5-;/m.0./s1. The molecule has 0 aromatic carbocycles. The number of nitrogens with two attached hydrogens (primary N) is 1. The van der Waals surface area contributed by atoms with E-state index in [9.17, 15) is 0 Å². The normalized spacial score (nSPS) is 24.8. The Kier molecular flexibility index (Phi) is 12.6. The van der Waals surface area contributed by atoms with Crippen molar-refractivity contribution in [3.8, 4) is 0 Å². The highest BCUT2D eigenvalue weighted by molar-refractivity contribution is 4.71. The lowest BCUT2D eigenvalue weighted by atomic mass is 10.1. The predicted octanol–water partition coefficient (Wildman–Crippen LogP) is -1.21. The Bertz CT molecular complexity index is 182. The van der Waals surface area contributed by atoms with Crippen LogP contribution in [0.2, 0.25) is 0 Å². The van der Waals surface area contributed by atoms with Crippen LogP contribution in [0.3, 0.4) is 0 Å². The van der Waals surface area contributed by atoms with Gasteiger partial charge in [0.05, 0.1) is 18.8 Å². The fourth-order valence-electron chi connectivity index (χ4n) is 1.72. The van der Waals surface area contributed by atoms with Crippen LogP contribution in [0.25, 0.3) is 0 Å². The van der Waals surface area contributed by atoms with Crippen LogP contribution in [0.15, 0.2) is 0 Å². The summed E-state index contributed by atoms with van der Waals surface area (Å²) >= 11 is 0. The van der Waals surface area contributed by atoms with E-state index in [2.05, 4.69) is 10.6 Å². The van der Waals surface area contributed by atoms with Crippen molar-refractivity contribution in [3.63, 3.8) is 0 Å². The van der Waals surface area contributed by atoms with Gasteiger partial charge in [-0.2, -0.15) is 0 Å². The maximum atomic E-state index is 8.87. The Labute approximate surface area is 116 Å². The van der Waals surface area contributed by atoms with Crippen molar-refractivity contribution in [2.45, 2.75) is 50.9 Å². The first-order chi connectivity index (χ1) is 9.10. The summed E-state index contributed by atoms with van der Waals surface area (Å²) in [5.41, 5.74) is 4.92. The molecule has 0 aliphatic carbocycles. The molecule has 0 aromatic heterocycles. The molecule has 2 atom stereocenters. The lowest BCUT2D eigenvalue weighted by Gasteiger charge is -2.16. The second-order valence-electron chi connectivity index (χ2n) is 5.04. The highest BCUT2D eigenvalue weighted by Gasteiger charge is 2.10. The fourth-order valence-corrected chi connectivity index (χ4v) is 1.72. The molecule has 0 amide bonds. The molecule has 2 fully saturated rings. The van der Waals surface area contributed by atoms with Gasteiger partial charge in [-0.25, -0.2) is 0 Å². The highest BCUT2D eigenvalue weighted by Crippen LogP contribution is 2.02. The number of aliphatic hydroxyl groups is 3. The number of piperidine rings is 1. The van der Waals surface area contributed by atoms with Crippen molar-refractivity contribution in [2.75, 3.05) is 32.8 Å². The van der Waals surface area contributed by atoms with E-state index in [0.717, 1.165) is 38.9 Å². The number of nitrogens with one attached hydrogen (secondary N) is 2. The van der Waals surface area contributed by atoms with Crippen LogP contribution in [0, 0.1) is 0 Å². The minimum absolute atomic E-state index is 0.0266. The summed E-state index contributed by atoms with van der Waals surface area (Å²) in [6, 6.07) is 0.403. The number of rotatable bonds is 2. The molecule has 0 spiro atoms. The van der Waals surface area contributed by atoms with Gasteiger partial charge in [-0.05, 0) is 52.2 Å². The molecule has 116 valence electrons. The zero-order valence-corrected chi connectivity index (χ0v) is 12.0. The number of aliphatic hydroxyl groups excluding tert-OH is 3. The van der Waals surface area contributed by atoms with Crippen molar-refractivity contribution < 1.29 is 15.3 Å². The molecule has 2 heterocycles. The second-order valence-corrected chi connectivity index (χ2v) is 5.04. The first-order valence-electron chi connectivity index (χ1n) is 7.21. The van der Waals surface area contributed by atoms with Crippen molar-refractivity contribution in [1.29, 1.82) is 0 Å². The van der Waals surface area contributed by atoms with E-state index in [1.165, 1.54) is 6.42 Å². The van der Waals surface area contributed by atoms with Gasteiger partial charge in [0.1, 0.15) is 0 Å². The van der Waals surface area contributed by atoms with Gasteiger partial charge in [0.15, 0.2) is 0 Å². The first-order valence-corrected chi connectivity index (χ1v) is 7.21. The largest absolute Gasteiger partial charge is 0.395 e. The summed E-state index contributed by atoms with van der Waals surface area (Å²) < 4.78 is 0. The molecule has 0 radical (unpaired) electrons. The van der Waals surface area contributed by atoms with E-state index < -0.39 is 0 Å². The molecule has 6 nitrogen and oxygen atoms in total. The van der Waals surface area contributed by atoms with Crippen LogP contribution in [0.1, 0.15) is 32.6 Å². The van der Waals surface area contributed by atoms with Crippen molar-refractivity contribution in [1.82, 2.24) is 10.6 Å². The average molecular weight is 277 g/mol. The maximum Gasteiger partial charge on any atom is 0.0634 e. The molecule has 2 aliphatic heterocycles. The highest BCUT2D eigenvalue weighted by atomic mass is 16.3. The van der Waals surface area contributed by atoms with E-state index in [1.807, 2.05) is 0 Å².